The third-order valence-electron chi connectivity index (χ3n) is 6.82. The Morgan fingerprint density at radius 1 is 1.13 bits per heavy atom. The number of anilines is 2. The number of para-hydroxylation sites is 1. The van der Waals surface area contributed by atoms with E-state index in [2.05, 4.69) is 10.0 Å². The van der Waals surface area contributed by atoms with Crippen molar-refractivity contribution in [3.63, 3.8) is 0 Å². The first-order valence-electron chi connectivity index (χ1n) is 12.7. The topological polar surface area (TPSA) is 128 Å². The average Bonchev–Trinajstić information content (AvgIpc) is 2.89. The molecule has 3 aromatic carbocycles. The van der Waals surface area contributed by atoms with Crippen LogP contribution in [0.3, 0.4) is 0 Å². The molecule has 0 saturated carbocycles. The van der Waals surface area contributed by atoms with Crippen LogP contribution in [0.25, 0.3) is 10.8 Å². The molecule has 0 unspecified atom stereocenters. The molecular formula is C28H34N4O6S. The van der Waals surface area contributed by atoms with Crippen LogP contribution >= 0.6 is 0 Å². The molecule has 1 aliphatic heterocycles. The van der Waals surface area contributed by atoms with E-state index in [1.165, 1.54) is 11.0 Å². The summed E-state index contributed by atoms with van der Waals surface area (Å²) in [6, 6.07) is 17.3. The van der Waals surface area contributed by atoms with E-state index < -0.39 is 22.2 Å². The first-order chi connectivity index (χ1) is 18.5. The van der Waals surface area contributed by atoms with Gasteiger partial charge >= 0.3 is 6.03 Å². The highest BCUT2D eigenvalue weighted by molar-refractivity contribution is 7.92. The number of hydrogen-bond acceptors (Lipinski definition) is 6. The first kappa shape index (κ1) is 28.2. The van der Waals surface area contributed by atoms with Crippen molar-refractivity contribution in [3.8, 4) is 5.75 Å². The molecule has 10 nitrogen and oxygen atoms in total. The van der Waals surface area contributed by atoms with E-state index in [9.17, 15) is 23.1 Å². The average molecular weight is 555 g/mol. The van der Waals surface area contributed by atoms with E-state index in [0.29, 0.717) is 5.69 Å². The molecule has 0 radical (unpaired) electrons. The summed E-state index contributed by atoms with van der Waals surface area (Å²) in [4.78, 5) is 29.8. The van der Waals surface area contributed by atoms with Gasteiger partial charge in [-0.3, -0.25) is 9.52 Å². The number of ether oxygens (including phenoxy) is 1. The van der Waals surface area contributed by atoms with Gasteiger partial charge in [-0.15, -0.1) is 0 Å². The minimum atomic E-state index is -3.67. The number of fused-ring (bicyclic) bond motifs is 2. The molecule has 0 spiro atoms. The Hall–Kier alpha value is -3.83. The van der Waals surface area contributed by atoms with Crippen LogP contribution in [-0.2, 0) is 10.0 Å². The highest BCUT2D eigenvalue weighted by atomic mass is 32.2. The number of sulfonamides is 1. The standard InChI is InChI=1S/C28H34N4O6S/c1-18-15-32(19(2)17-33)27(34)22-12-8-14-24(30-39(4,36)37)26(22)38-25(18)16-31(3)28(35)29-23-13-7-10-20-9-5-6-11-21(20)23/h5-14,18-19,25,30,33H,15-17H2,1-4H3,(H,29,35)/t18-,19+,25+/m0/s1. The lowest BCUT2D eigenvalue weighted by atomic mass is 9.99. The van der Waals surface area contributed by atoms with Crippen molar-refractivity contribution in [2.75, 3.05) is 43.0 Å². The Labute approximate surface area is 228 Å². The SMILES string of the molecule is C[C@H](CO)N1C[C@H](C)[C@@H](CN(C)C(=O)Nc2cccc3ccccc23)Oc2c(NS(C)(=O)=O)cccc2C1=O. The van der Waals surface area contributed by atoms with Crippen molar-refractivity contribution in [2.24, 2.45) is 5.92 Å². The Kier molecular flexibility index (Phi) is 8.31. The van der Waals surface area contributed by atoms with Crippen LogP contribution < -0.4 is 14.8 Å². The van der Waals surface area contributed by atoms with Crippen molar-refractivity contribution in [1.29, 1.82) is 0 Å². The number of carbonyl (C=O) groups is 2. The molecule has 0 bridgehead atoms. The molecular weight excluding hydrogens is 520 g/mol. The van der Waals surface area contributed by atoms with Crippen molar-refractivity contribution >= 4 is 44.1 Å². The molecule has 0 aliphatic carbocycles. The number of aliphatic hydroxyl groups is 1. The summed E-state index contributed by atoms with van der Waals surface area (Å²) in [5.41, 5.74) is 0.973. The Morgan fingerprint density at radius 2 is 1.79 bits per heavy atom. The van der Waals surface area contributed by atoms with Gasteiger partial charge < -0.3 is 25.0 Å². The number of urea groups is 1. The van der Waals surface area contributed by atoms with E-state index in [1.54, 1.807) is 31.0 Å². The summed E-state index contributed by atoms with van der Waals surface area (Å²) < 4.78 is 32.9. The summed E-state index contributed by atoms with van der Waals surface area (Å²) in [5, 5.41) is 14.7. The van der Waals surface area contributed by atoms with Crippen LogP contribution in [0, 0.1) is 5.92 Å². The fourth-order valence-corrected chi connectivity index (χ4v) is 5.20. The smallest absolute Gasteiger partial charge is 0.321 e. The van der Waals surface area contributed by atoms with Crippen LogP contribution in [0.5, 0.6) is 5.75 Å². The molecule has 39 heavy (non-hydrogen) atoms. The molecule has 3 N–H and O–H groups in total. The lowest BCUT2D eigenvalue weighted by Crippen LogP contribution is -2.50. The molecule has 3 aromatic rings. The van der Waals surface area contributed by atoms with Gasteiger partial charge in [0.15, 0.2) is 5.75 Å². The number of benzene rings is 3. The number of amides is 3. The molecule has 0 saturated heterocycles. The fraction of sp³-hybridized carbons (Fsp3) is 0.357. The van der Waals surface area contributed by atoms with Crippen LogP contribution in [0.1, 0.15) is 24.2 Å². The van der Waals surface area contributed by atoms with Gasteiger partial charge in [0.2, 0.25) is 10.0 Å². The van der Waals surface area contributed by atoms with Gasteiger partial charge in [0.05, 0.1) is 42.4 Å². The van der Waals surface area contributed by atoms with Crippen LogP contribution in [0.15, 0.2) is 60.7 Å². The van der Waals surface area contributed by atoms with E-state index in [1.807, 2.05) is 49.4 Å². The first-order valence-corrected chi connectivity index (χ1v) is 14.6. The molecule has 0 aromatic heterocycles. The third kappa shape index (κ3) is 6.43. The number of likely N-dealkylation sites (N-methyl/N-ethyl adjacent to an activating group) is 1. The number of aliphatic hydroxyl groups excluding tert-OH is 1. The highest BCUT2D eigenvalue weighted by Gasteiger charge is 2.35. The maximum Gasteiger partial charge on any atom is 0.321 e. The minimum absolute atomic E-state index is 0.0856. The second-order valence-electron chi connectivity index (χ2n) is 10.0. The lowest BCUT2D eigenvalue weighted by Gasteiger charge is -2.38. The van der Waals surface area contributed by atoms with Gasteiger partial charge in [-0.1, -0.05) is 49.4 Å². The van der Waals surface area contributed by atoms with Crippen molar-refractivity contribution < 1.29 is 27.9 Å². The van der Waals surface area contributed by atoms with Gasteiger partial charge in [0.1, 0.15) is 6.10 Å². The normalized spacial score (nSPS) is 18.4. The maximum absolute atomic E-state index is 13.5. The van der Waals surface area contributed by atoms with Gasteiger partial charge in [0, 0.05) is 24.9 Å². The molecule has 3 atom stereocenters. The summed E-state index contributed by atoms with van der Waals surface area (Å²) in [6.45, 7) is 3.81. The number of rotatable bonds is 7. The third-order valence-corrected chi connectivity index (χ3v) is 7.41. The van der Waals surface area contributed by atoms with Gasteiger partial charge in [-0.05, 0) is 30.5 Å². The largest absolute Gasteiger partial charge is 0.485 e. The number of nitrogens with one attached hydrogen (secondary N) is 2. The summed E-state index contributed by atoms with van der Waals surface area (Å²) in [6.07, 6.45) is 0.416. The molecule has 0 fully saturated rings. The minimum Gasteiger partial charge on any atom is -0.485 e. The van der Waals surface area contributed by atoms with Gasteiger partial charge in [-0.2, -0.15) is 0 Å². The number of nitrogens with zero attached hydrogens (tertiary/aromatic N) is 2. The zero-order valence-electron chi connectivity index (χ0n) is 22.4. The van der Waals surface area contributed by atoms with Crippen LogP contribution in [0.4, 0.5) is 16.2 Å². The van der Waals surface area contributed by atoms with E-state index in [-0.39, 0.29) is 54.6 Å². The van der Waals surface area contributed by atoms with E-state index in [0.717, 1.165) is 17.0 Å². The number of carbonyl (C=O) groups excluding carboxylic acids is 2. The zero-order chi connectivity index (χ0) is 28.3. The van der Waals surface area contributed by atoms with E-state index in [4.69, 9.17) is 4.74 Å². The molecule has 208 valence electrons. The van der Waals surface area contributed by atoms with E-state index >= 15 is 0 Å². The summed E-state index contributed by atoms with van der Waals surface area (Å²) in [7, 11) is -2.02. The Balaban J connectivity index is 1.64. The van der Waals surface area contributed by atoms with Crippen LogP contribution in [-0.4, -0.2) is 80.4 Å². The van der Waals surface area contributed by atoms with Crippen molar-refractivity contribution in [3.05, 3.63) is 66.2 Å². The molecule has 1 heterocycles. The van der Waals surface area contributed by atoms with Crippen LogP contribution in [0.2, 0.25) is 0 Å². The molecule has 3 amide bonds. The quantitative estimate of drug-likeness (QED) is 0.410. The van der Waals surface area contributed by atoms with Crippen molar-refractivity contribution in [2.45, 2.75) is 26.0 Å². The monoisotopic (exact) mass is 554 g/mol. The molecule has 4 rings (SSSR count). The fourth-order valence-electron chi connectivity index (χ4n) is 4.64. The highest BCUT2D eigenvalue weighted by Crippen LogP contribution is 2.35. The summed E-state index contributed by atoms with van der Waals surface area (Å²) >= 11 is 0. The predicted octanol–water partition coefficient (Wildman–Crippen LogP) is 3.60. The molecule has 11 heteroatoms. The second kappa shape index (κ2) is 11.5. The van der Waals surface area contributed by atoms with Gasteiger partial charge in [0.25, 0.3) is 5.91 Å². The Bertz CT molecular complexity index is 1470. The van der Waals surface area contributed by atoms with Gasteiger partial charge in [-0.25, -0.2) is 13.2 Å². The maximum atomic E-state index is 13.5. The summed E-state index contributed by atoms with van der Waals surface area (Å²) in [5.74, 6) is -0.561. The van der Waals surface area contributed by atoms with Crippen molar-refractivity contribution in [1.82, 2.24) is 9.80 Å². The lowest BCUT2D eigenvalue weighted by molar-refractivity contribution is 0.0373. The Morgan fingerprint density at radius 3 is 2.51 bits per heavy atom. The zero-order valence-corrected chi connectivity index (χ0v) is 23.2. The second-order valence-corrected chi connectivity index (χ2v) is 11.8. The predicted molar refractivity (Wildman–Crippen MR) is 152 cm³/mol. The molecule has 1 aliphatic rings. The number of hydrogen-bond donors (Lipinski definition) is 3.